The number of nitrogens with one attached hydrogen (secondary N) is 2. The maximum atomic E-state index is 11.1. The van der Waals surface area contributed by atoms with Crippen molar-refractivity contribution in [3.05, 3.63) is 41.3 Å². The monoisotopic (exact) mass is 355 g/mol. The number of carbonyl (C=O) groups excluding carboxylic acids is 1. The first kappa shape index (κ1) is 16.2. The van der Waals surface area contributed by atoms with Crippen LogP contribution in [0.1, 0.15) is 36.3 Å². The van der Waals surface area contributed by atoms with Crippen LogP contribution >= 0.6 is 11.3 Å². The predicted molar refractivity (Wildman–Crippen MR) is 99.8 cm³/mol. The van der Waals surface area contributed by atoms with Crippen molar-refractivity contribution in [2.24, 2.45) is 0 Å². The van der Waals surface area contributed by atoms with Crippen molar-refractivity contribution in [2.75, 3.05) is 18.4 Å². The summed E-state index contributed by atoms with van der Waals surface area (Å²) in [5.74, 6) is 0.441. The number of aromatic nitrogens is 3. The van der Waals surface area contributed by atoms with E-state index in [0.29, 0.717) is 11.0 Å². The Morgan fingerprint density at radius 1 is 1.48 bits per heavy atom. The lowest BCUT2D eigenvalue weighted by Crippen LogP contribution is -2.33. The van der Waals surface area contributed by atoms with Crippen LogP contribution in [-0.2, 0) is 11.3 Å². The quantitative estimate of drug-likeness (QED) is 0.753. The molecular weight excluding hydrogens is 334 g/mol. The van der Waals surface area contributed by atoms with Crippen LogP contribution in [0.15, 0.2) is 30.7 Å². The standard InChI is InChI=1S/C18H21N5OS/c1-12(24)21-18-20-8-15(25-18)11-23-6-2-3-14(10-23)16-7-13-4-5-19-9-17(13)22-16/h4-5,7-9,14,22H,2-3,6,10-11H2,1H3,(H,20,21,24). The van der Waals surface area contributed by atoms with Crippen molar-refractivity contribution in [1.82, 2.24) is 19.9 Å². The van der Waals surface area contributed by atoms with Gasteiger partial charge in [-0.05, 0) is 31.5 Å². The molecule has 1 saturated heterocycles. The molecule has 0 saturated carbocycles. The summed E-state index contributed by atoms with van der Waals surface area (Å²) < 4.78 is 0. The summed E-state index contributed by atoms with van der Waals surface area (Å²) in [7, 11) is 0. The average Bonchev–Trinajstić information content (AvgIpc) is 3.21. The van der Waals surface area contributed by atoms with Crippen molar-refractivity contribution >= 4 is 33.3 Å². The SMILES string of the molecule is CC(=O)Nc1ncc(CN2CCCC(c3cc4ccncc4[nH]3)C2)s1. The Labute approximate surface area is 150 Å². The zero-order valence-electron chi connectivity index (χ0n) is 14.2. The van der Waals surface area contributed by atoms with Crippen molar-refractivity contribution in [1.29, 1.82) is 0 Å². The third kappa shape index (κ3) is 3.72. The first-order valence-corrected chi connectivity index (χ1v) is 9.36. The minimum Gasteiger partial charge on any atom is -0.357 e. The van der Waals surface area contributed by atoms with E-state index in [2.05, 4.69) is 37.3 Å². The second-order valence-corrected chi connectivity index (χ2v) is 7.69. The van der Waals surface area contributed by atoms with Gasteiger partial charge in [-0.25, -0.2) is 4.98 Å². The molecule has 3 aromatic heterocycles. The largest absolute Gasteiger partial charge is 0.357 e. The zero-order chi connectivity index (χ0) is 17.2. The number of nitrogens with zero attached hydrogens (tertiary/aromatic N) is 3. The van der Waals surface area contributed by atoms with Gasteiger partial charge in [0.25, 0.3) is 0 Å². The van der Waals surface area contributed by atoms with E-state index in [-0.39, 0.29) is 5.91 Å². The Morgan fingerprint density at radius 3 is 3.24 bits per heavy atom. The summed E-state index contributed by atoms with van der Waals surface area (Å²) >= 11 is 1.55. The minimum atomic E-state index is -0.0766. The van der Waals surface area contributed by atoms with Crippen molar-refractivity contribution < 1.29 is 4.79 Å². The fraction of sp³-hybridized carbons (Fsp3) is 0.389. The Morgan fingerprint density at radius 2 is 2.40 bits per heavy atom. The molecule has 1 aliphatic heterocycles. The van der Waals surface area contributed by atoms with Gasteiger partial charge in [-0.2, -0.15) is 0 Å². The number of fused-ring (bicyclic) bond motifs is 1. The second-order valence-electron chi connectivity index (χ2n) is 6.57. The molecule has 0 spiro atoms. The zero-order valence-corrected chi connectivity index (χ0v) is 15.0. The Bertz CT molecular complexity index is 853. The van der Waals surface area contributed by atoms with E-state index in [1.54, 1.807) is 11.3 Å². The lowest BCUT2D eigenvalue weighted by Gasteiger charge is -2.31. The summed E-state index contributed by atoms with van der Waals surface area (Å²) in [6.07, 6.45) is 7.99. The van der Waals surface area contributed by atoms with Gasteiger partial charge in [-0.15, -0.1) is 11.3 Å². The highest BCUT2D eigenvalue weighted by Crippen LogP contribution is 2.30. The Balaban J connectivity index is 1.43. The van der Waals surface area contributed by atoms with Gasteiger partial charge in [0.15, 0.2) is 5.13 Å². The molecule has 0 radical (unpaired) electrons. The van der Waals surface area contributed by atoms with E-state index in [9.17, 15) is 4.79 Å². The summed E-state index contributed by atoms with van der Waals surface area (Å²) in [4.78, 5) is 26.8. The molecule has 4 heterocycles. The number of likely N-dealkylation sites (tertiary alicyclic amines) is 1. The summed E-state index contributed by atoms with van der Waals surface area (Å²) in [6.45, 7) is 4.53. The maximum absolute atomic E-state index is 11.1. The van der Waals surface area contributed by atoms with Crippen molar-refractivity contribution in [3.8, 4) is 0 Å². The van der Waals surface area contributed by atoms with Gasteiger partial charge < -0.3 is 10.3 Å². The summed E-state index contributed by atoms with van der Waals surface area (Å²) in [5, 5.41) is 4.66. The number of hydrogen-bond acceptors (Lipinski definition) is 5. The van der Waals surface area contributed by atoms with Gasteiger partial charge >= 0.3 is 0 Å². The minimum absolute atomic E-state index is 0.0766. The van der Waals surface area contributed by atoms with E-state index in [0.717, 1.165) is 25.2 Å². The predicted octanol–water partition coefficient (Wildman–Crippen LogP) is 3.36. The highest BCUT2D eigenvalue weighted by molar-refractivity contribution is 7.15. The molecule has 6 nitrogen and oxygen atoms in total. The Hall–Kier alpha value is -2.25. The molecule has 1 aliphatic rings. The number of pyridine rings is 1. The maximum Gasteiger partial charge on any atom is 0.223 e. The molecule has 3 aromatic rings. The highest BCUT2D eigenvalue weighted by atomic mass is 32.1. The van der Waals surface area contributed by atoms with E-state index >= 15 is 0 Å². The van der Waals surface area contributed by atoms with Crippen LogP contribution in [0, 0.1) is 0 Å². The molecule has 0 aromatic carbocycles. The number of thiazole rings is 1. The molecule has 1 unspecified atom stereocenters. The smallest absolute Gasteiger partial charge is 0.223 e. The number of H-pyrrole nitrogens is 1. The van der Waals surface area contributed by atoms with E-state index in [4.69, 9.17) is 0 Å². The lowest BCUT2D eigenvalue weighted by molar-refractivity contribution is -0.114. The number of rotatable bonds is 4. The Kier molecular flexibility index (Phi) is 4.50. The summed E-state index contributed by atoms with van der Waals surface area (Å²) in [6, 6.07) is 4.31. The van der Waals surface area contributed by atoms with Gasteiger partial charge in [0, 0.05) is 54.3 Å². The van der Waals surface area contributed by atoms with Gasteiger partial charge in [0.2, 0.25) is 5.91 Å². The van der Waals surface area contributed by atoms with Crippen LogP contribution in [0.5, 0.6) is 0 Å². The fourth-order valence-corrected chi connectivity index (χ4v) is 4.38. The van der Waals surface area contributed by atoms with Gasteiger partial charge in [-0.3, -0.25) is 14.7 Å². The normalized spacial score (nSPS) is 18.5. The number of hydrogen-bond donors (Lipinski definition) is 2. The van der Waals surface area contributed by atoms with Crippen LogP contribution in [0.25, 0.3) is 10.9 Å². The van der Waals surface area contributed by atoms with Crippen molar-refractivity contribution in [2.45, 2.75) is 32.2 Å². The first-order chi connectivity index (χ1) is 12.2. The third-order valence-corrected chi connectivity index (χ3v) is 5.50. The van der Waals surface area contributed by atoms with Crippen LogP contribution in [0.3, 0.4) is 0 Å². The van der Waals surface area contributed by atoms with Gasteiger partial charge in [0.05, 0.1) is 11.7 Å². The van der Waals surface area contributed by atoms with E-state index in [1.165, 1.54) is 35.7 Å². The number of amides is 1. The molecule has 25 heavy (non-hydrogen) atoms. The molecule has 130 valence electrons. The molecular formula is C18H21N5OS. The first-order valence-electron chi connectivity index (χ1n) is 8.54. The average molecular weight is 355 g/mol. The molecule has 1 atom stereocenters. The third-order valence-electron chi connectivity index (χ3n) is 4.61. The van der Waals surface area contributed by atoms with E-state index in [1.807, 2.05) is 18.6 Å². The molecule has 1 amide bonds. The molecule has 0 aliphatic carbocycles. The molecule has 1 fully saturated rings. The van der Waals surface area contributed by atoms with Gasteiger partial charge in [0.1, 0.15) is 0 Å². The number of carbonyl (C=O) groups is 1. The number of anilines is 1. The fourth-order valence-electron chi connectivity index (χ4n) is 3.48. The molecule has 2 N–H and O–H groups in total. The second kappa shape index (κ2) is 6.93. The van der Waals surface area contributed by atoms with Gasteiger partial charge in [-0.1, -0.05) is 0 Å². The molecule has 7 heteroatoms. The van der Waals surface area contributed by atoms with Crippen LogP contribution in [0.2, 0.25) is 0 Å². The topological polar surface area (TPSA) is 73.9 Å². The van der Waals surface area contributed by atoms with Crippen LogP contribution in [0.4, 0.5) is 5.13 Å². The lowest BCUT2D eigenvalue weighted by atomic mass is 9.95. The molecule has 0 bridgehead atoms. The number of aromatic amines is 1. The summed E-state index contributed by atoms with van der Waals surface area (Å²) in [5.41, 5.74) is 2.41. The number of piperidine rings is 1. The van der Waals surface area contributed by atoms with E-state index < -0.39 is 0 Å². The highest BCUT2D eigenvalue weighted by Gasteiger charge is 2.23. The molecule has 4 rings (SSSR count). The van der Waals surface area contributed by atoms with Crippen LogP contribution in [-0.4, -0.2) is 38.8 Å². The van der Waals surface area contributed by atoms with Crippen molar-refractivity contribution in [3.63, 3.8) is 0 Å². The van der Waals surface area contributed by atoms with Crippen LogP contribution < -0.4 is 5.32 Å².